The van der Waals surface area contributed by atoms with Gasteiger partial charge in [-0.2, -0.15) is 0 Å². The summed E-state index contributed by atoms with van der Waals surface area (Å²) in [5.74, 6) is 0. The SMILES string of the molecule is Cc1ccc2n1C(=O)N([C@@H](C)c1ccccc1)C[C@H]2O. The predicted molar refractivity (Wildman–Crippen MR) is 76.5 cm³/mol. The van der Waals surface area contributed by atoms with Crippen LogP contribution >= 0.6 is 0 Å². The summed E-state index contributed by atoms with van der Waals surface area (Å²) < 4.78 is 1.60. The lowest BCUT2D eigenvalue weighted by Gasteiger charge is -2.36. The number of aryl methyl sites for hydroxylation is 1. The van der Waals surface area contributed by atoms with Gasteiger partial charge in [-0.3, -0.25) is 4.57 Å². The van der Waals surface area contributed by atoms with Crippen molar-refractivity contribution in [3.63, 3.8) is 0 Å². The van der Waals surface area contributed by atoms with Gasteiger partial charge < -0.3 is 10.0 Å². The highest BCUT2D eigenvalue weighted by Crippen LogP contribution is 2.30. The quantitative estimate of drug-likeness (QED) is 0.912. The molecule has 1 aromatic carbocycles. The summed E-state index contributed by atoms with van der Waals surface area (Å²) in [6, 6.07) is 13.4. The van der Waals surface area contributed by atoms with E-state index in [9.17, 15) is 9.90 Å². The molecule has 0 fully saturated rings. The highest BCUT2D eigenvalue weighted by molar-refractivity contribution is 5.80. The number of aromatic nitrogens is 1. The molecule has 4 nitrogen and oxygen atoms in total. The van der Waals surface area contributed by atoms with E-state index in [1.165, 1.54) is 0 Å². The molecule has 1 aliphatic rings. The number of fused-ring (bicyclic) bond motifs is 1. The number of amides is 1. The van der Waals surface area contributed by atoms with Gasteiger partial charge in [0.15, 0.2) is 0 Å². The molecule has 0 unspecified atom stereocenters. The maximum absolute atomic E-state index is 12.6. The van der Waals surface area contributed by atoms with Crippen molar-refractivity contribution in [3.05, 3.63) is 59.4 Å². The molecule has 20 heavy (non-hydrogen) atoms. The lowest BCUT2D eigenvalue weighted by Crippen LogP contribution is -2.45. The molecule has 1 amide bonds. The summed E-state index contributed by atoms with van der Waals surface area (Å²) in [6.45, 7) is 4.20. The minimum Gasteiger partial charge on any atom is -0.385 e. The second kappa shape index (κ2) is 4.80. The number of carbonyl (C=O) groups is 1. The van der Waals surface area contributed by atoms with Crippen molar-refractivity contribution in [2.45, 2.75) is 26.0 Å². The van der Waals surface area contributed by atoms with Crippen LogP contribution in [-0.2, 0) is 0 Å². The van der Waals surface area contributed by atoms with Gasteiger partial charge in [-0.15, -0.1) is 0 Å². The van der Waals surface area contributed by atoms with Gasteiger partial charge in [0.25, 0.3) is 0 Å². The van der Waals surface area contributed by atoms with Crippen LogP contribution in [-0.4, -0.2) is 27.1 Å². The fourth-order valence-corrected chi connectivity index (χ4v) is 2.80. The first-order chi connectivity index (χ1) is 9.59. The zero-order valence-corrected chi connectivity index (χ0v) is 11.7. The smallest absolute Gasteiger partial charge is 0.329 e. The van der Waals surface area contributed by atoms with Crippen LogP contribution in [0.3, 0.4) is 0 Å². The fraction of sp³-hybridized carbons (Fsp3) is 0.312. The van der Waals surface area contributed by atoms with E-state index in [2.05, 4.69) is 0 Å². The molecule has 2 atom stereocenters. The number of rotatable bonds is 2. The Balaban J connectivity index is 1.97. The number of aliphatic hydroxyl groups is 1. The number of hydrogen-bond acceptors (Lipinski definition) is 2. The fourth-order valence-electron chi connectivity index (χ4n) is 2.80. The molecule has 104 valence electrons. The molecular formula is C16H18N2O2. The topological polar surface area (TPSA) is 45.5 Å². The Hall–Kier alpha value is -2.07. The average Bonchev–Trinajstić information content (AvgIpc) is 2.86. The third kappa shape index (κ3) is 1.93. The number of benzene rings is 1. The minimum atomic E-state index is -0.632. The first-order valence-electron chi connectivity index (χ1n) is 6.82. The van der Waals surface area contributed by atoms with Crippen LogP contribution in [0.2, 0.25) is 0 Å². The van der Waals surface area contributed by atoms with Crippen LogP contribution in [0.5, 0.6) is 0 Å². The van der Waals surface area contributed by atoms with Gasteiger partial charge in [0, 0.05) is 5.69 Å². The van der Waals surface area contributed by atoms with Crippen molar-refractivity contribution >= 4 is 6.03 Å². The monoisotopic (exact) mass is 270 g/mol. The van der Waals surface area contributed by atoms with Gasteiger partial charge in [-0.05, 0) is 31.5 Å². The van der Waals surface area contributed by atoms with Crippen molar-refractivity contribution in [1.29, 1.82) is 0 Å². The van der Waals surface area contributed by atoms with Gasteiger partial charge in [0.2, 0.25) is 0 Å². The van der Waals surface area contributed by atoms with Crippen molar-refractivity contribution in [1.82, 2.24) is 9.47 Å². The molecule has 0 saturated heterocycles. The zero-order chi connectivity index (χ0) is 14.3. The van der Waals surface area contributed by atoms with E-state index >= 15 is 0 Å². The number of hydrogen-bond donors (Lipinski definition) is 1. The number of nitrogens with zero attached hydrogens (tertiary/aromatic N) is 2. The Labute approximate surface area is 118 Å². The molecule has 1 N–H and O–H groups in total. The van der Waals surface area contributed by atoms with E-state index in [-0.39, 0.29) is 12.1 Å². The molecule has 1 aliphatic heterocycles. The summed E-state index contributed by atoms with van der Waals surface area (Å²) in [4.78, 5) is 14.4. The standard InChI is InChI=1S/C16H18N2O2/c1-11-8-9-14-15(19)10-17(16(20)18(11)14)12(2)13-6-4-3-5-7-13/h3-9,12,15,19H,10H2,1-2H3/t12-,15+/m0/s1. The molecule has 2 aromatic rings. The summed E-state index contributed by atoms with van der Waals surface area (Å²) in [5.41, 5.74) is 2.61. The predicted octanol–water partition coefficient (Wildman–Crippen LogP) is 2.87. The van der Waals surface area contributed by atoms with Crippen LogP contribution in [0.15, 0.2) is 42.5 Å². The first kappa shape index (κ1) is 12.9. The molecule has 0 radical (unpaired) electrons. The molecule has 0 spiro atoms. The van der Waals surface area contributed by atoms with E-state index in [1.54, 1.807) is 9.47 Å². The summed E-state index contributed by atoms with van der Waals surface area (Å²) in [5, 5.41) is 10.2. The van der Waals surface area contributed by atoms with Crippen molar-refractivity contribution in [2.75, 3.05) is 6.54 Å². The molecule has 4 heteroatoms. The van der Waals surface area contributed by atoms with Gasteiger partial charge in [-0.1, -0.05) is 30.3 Å². The van der Waals surface area contributed by atoms with Crippen molar-refractivity contribution in [2.24, 2.45) is 0 Å². The summed E-state index contributed by atoms with van der Waals surface area (Å²) >= 11 is 0. The van der Waals surface area contributed by atoms with E-state index in [4.69, 9.17) is 0 Å². The number of carbonyl (C=O) groups excluding carboxylic acids is 1. The van der Waals surface area contributed by atoms with Crippen molar-refractivity contribution in [3.8, 4) is 0 Å². The van der Waals surface area contributed by atoms with Gasteiger partial charge in [-0.25, -0.2) is 4.79 Å². The highest BCUT2D eigenvalue weighted by Gasteiger charge is 2.33. The van der Waals surface area contributed by atoms with Crippen LogP contribution in [0, 0.1) is 6.92 Å². The summed E-state index contributed by atoms with van der Waals surface area (Å²) in [7, 11) is 0. The zero-order valence-electron chi connectivity index (χ0n) is 11.7. The molecule has 0 aliphatic carbocycles. The van der Waals surface area contributed by atoms with E-state index < -0.39 is 6.10 Å². The maximum Gasteiger partial charge on any atom is 0.329 e. The molecule has 0 saturated carbocycles. The van der Waals surface area contributed by atoms with Gasteiger partial charge in [0.05, 0.1) is 18.3 Å². The Morgan fingerprint density at radius 1 is 1.20 bits per heavy atom. The Morgan fingerprint density at radius 3 is 2.60 bits per heavy atom. The largest absolute Gasteiger partial charge is 0.385 e. The molecule has 2 heterocycles. The van der Waals surface area contributed by atoms with Gasteiger partial charge in [0.1, 0.15) is 6.10 Å². The second-order valence-electron chi connectivity index (χ2n) is 5.27. The number of β-amino-alcohol motifs (C(OH)–C–C–N with tert-alkyl or cyclic N) is 1. The normalized spacial score (nSPS) is 19.9. The Kier molecular flexibility index (Phi) is 3.10. The van der Waals surface area contributed by atoms with Gasteiger partial charge >= 0.3 is 6.03 Å². The second-order valence-corrected chi connectivity index (χ2v) is 5.27. The van der Waals surface area contributed by atoms with Crippen LogP contribution < -0.4 is 0 Å². The molecular weight excluding hydrogens is 252 g/mol. The van der Waals surface area contributed by atoms with E-state index in [0.29, 0.717) is 12.2 Å². The van der Waals surface area contributed by atoms with E-state index in [0.717, 1.165) is 11.3 Å². The van der Waals surface area contributed by atoms with Crippen LogP contribution in [0.1, 0.15) is 36.0 Å². The highest BCUT2D eigenvalue weighted by atomic mass is 16.3. The van der Waals surface area contributed by atoms with Crippen LogP contribution in [0.25, 0.3) is 0 Å². The third-order valence-corrected chi connectivity index (χ3v) is 4.00. The molecule has 1 aromatic heterocycles. The minimum absolute atomic E-state index is 0.0618. The summed E-state index contributed by atoms with van der Waals surface area (Å²) in [6.07, 6.45) is -0.632. The number of aliphatic hydroxyl groups excluding tert-OH is 1. The Bertz CT molecular complexity index is 633. The van der Waals surface area contributed by atoms with Crippen LogP contribution in [0.4, 0.5) is 4.79 Å². The lowest BCUT2D eigenvalue weighted by atomic mass is 10.1. The van der Waals surface area contributed by atoms with Crippen molar-refractivity contribution < 1.29 is 9.90 Å². The third-order valence-electron chi connectivity index (χ3n) is 4.00. The van der Waals surface area contributed by atoms with E-state index in [1.807, 2.05) is 56.3 Å². The first-order valence-corrected chi connectivity index (χ1v) is 6.82. The Morgan fingerprint density at radius 2 is 1.90 bits per heavy atom. The molecule has 0 bridgehead atoms. The molecule has 3 rings (SSSR count). The average molecular weight is 270 g/mol. The lowest BCUT2D eigenvalue weighted by molar-refractivity contribution is 0.0833. The maximum atomic E-state index is 12.6.